The van der Waals surface area contributed by atoms with Crippen molar-refractivity contribution in [2.75, 3.05) is 6.61 Å². The molecule has 0 aliphatic carbocycles. The van der Waals surface area contributed by atoms with E-state index in [1.165, 1.54) is 11.0 Å². The highest BCUT2D eigenvalue weighted by atomic mass is 16.6. The molecule has 2 atom stereocenters. The molecule has 0 aromatic heterocycles. The normalized spacial score (nSPS) is 13.5. The lowest BCUT2D eigenvalue weighted by atomic mass is 10.00. The number of alkyl carbamates (subject to hydrolysis) is 1. The Labute approximate surface area is 183 Å². The van der Waals surface area contributed by atoms with Crippen molar-refractivity contribution in [1.82, 2.24) is 15.5 Å². The quantitative estimate of drug-likeness (QED) is 0.493. The van der Waals surface area contributed by atoms with Crippen molar-refractivity contribution >= 4 is 17.9 Å². The Morgan fingerprint density at radius 3 is 2.10 bits per heavy atom. The van der Waals surface area contributed by atoms with E-state index in [1.54, 1.807) is 66.7 Å². The minimum atomic E-state index is -1.34. The lowest BCUT2D eigenvalue weighted by molar-refractivity contribution is -0.145. The van der Waals surface area contributed by atoms with E-state index in [4.69, 9.17) is 4.74 Å². The van der Waals surface area contributed by atoms with E-state index in [0.717, 1.165) is 0 Å². The second-order valence-electron chi connectivity index (χ2n) is 8.85. The number of nitrogens with one attached hydrogen (secondary N) is 2. The zero-order valence-electron chi connectivity index (χ0n) is 19.3. The van der Waals surface area contributed by atoms with Gasteiger partial charge in [0.25, 0.3) is 0 Å². The Morgan fingerprint density at radius 1 is 1.06 bits per heavy atom. The number of carbonyl (C=O) groups is 3. The van der Waals surface area contributed by atoms with Crippen LogP contribution < -0.4 is 10.6 Å². The first-order valence-electron chi connectivity index (χ1n) is 10.3. The number of phenols is 1. The van der Waals surface area contributed by atoms with Crippen LogP contribution in [0.3, 0.4) is 0 Å². The summed E-state index contributed by atoms with van der Waals surface area (Å²) in [6.07, 6.45) is -0.866. The molecule has 0 aliphatic heterocycles. The number of ether oxygens (including phenoxy) is 1. The lowest BCUT2D eigenvalue weighted by Crippen LogP contribution is -2.56. The van der Waals surface area contributed by atoms with Crippen LogP contribution in [0.1, 0.15) is 60.1 Å². The maximum absolute atomic E-state index is 13.4. The molecule has 0 radical (unpaired) electrons. The van der Waals surface area contributed by atoms with E-state index in [0.29, 0.717) is 0 Å². The van der Waals surface area contributed by atoms with Gasteiger partial charge >= 0.3 is 6.09 Å². The summed E-state index contributed by atoms with van der Waals surface area (Å²) in [4.78, 5) is 39.9. The highest BCUT2D eigenvalue weighted by molar-refractivity contribution is 5.92. The molecular formula is C22H35N3O6. The molecule has 4 N–H and O–H groups in total. The number of hydrogen-bond acceptors (Lipinski definition) is 6. The zero-order chi connectivity index (χ0) is 23.9. The molecule has 2 unspecified atom stereocenters. The van der Waals surface area contributed by atoms with E-state index in [9.17, 15) is 24.6 Å². The smallest absolute Gasteiger partial charge is 0.408 e. The minimum Gasteiger partial charge on any atom is -0.508 e. The van der Waals surface area contributed by atoms with Crippen LogP contribution in [0.25, 0.3) is 0 Å². The predicted octanol–water partition coefficient (Wildman–Crippen LogP) is 2.08. The van der Waals surface area contributed by atoms with Crippen LogP contribution in [0.15, 0.2) is 24.3 Å². The molecule has 9 nitrogen and oxygen atoms in total. The van der Waals surface area contributed by atoms with Gasteiger partial charge in [0.1, 0.15) is 23.4 Å². The van der Waals surface area contributed by atoms with Gasteiger partial charge in [-0.25, -0.2) is 4.79 Å². The first-order valence-corrected chi connectivity index (χ1v) is 10.3. The van der Waals surface area contributed by atoms with Crippen molar-refractivity contribution in [3.8, 4) is 5.75 Å². The monoisotopic (exact) mass is 437 g/mol. The summed E-state index contributed by atoms with van der Waals surface area (Å²) in [5, 5.41) is 25.3. The summed E-state index contributed by atoms with van der Waals surface area (Å²) in [5.74, 6) is -1.33. The Balaban J connectivity index is 3.36. The fourth-order valence-corrected chi connectivity index (χ4v) is 2.99. The summed E-state index contributed by atoms with van der Waals surface area (Å²) in [6, 6.07) is 3.02. The first-order chi connectivity index (χ1) is 14.3. The molecule has 1 aromatic carbocycles. The van der Waals surface area contributed by atoms with Crippen molar-refractivity contribution in [3.05, 3.63) is 29.8 Å². The lowest BCUT2D eigenvalue weighted by Gasteiger charge is -2.37. The fraction of sp³-hybridized carbons (Fsp3) is 0.591. The van der Waals surface area contributed by atoms with Gasteiger partial charge in [-0.3, -0.25) is 9.59 Å². The summed E-state index contributed by atoms with van der Waals surface area (Å²) >= 11 is 0. The van der Waals surface area contributed by atoms with Gasteiger partial charge in [0.05, 0.1) is 6.61 Å². The van der Waals surface area contributed by atoms with Crippen LogP contribution in [-0.2, 0) is 14.3 Å². The highest BCUT2D eigenvalue weighted by Crippen LogP contribution is 2.31. The SMILES string of the molecule is CC(C)NC(=O)C(c1ccccc1O)N(C(=O)C(CO)NC(=O)OC(C)(C)C)C(C)C. The molecule has 31 heavy (non-hydrogen) atoms. The van der Waals surface area contributed by atoms with Gasteiger partial charge in [-0.2, -0.15) is 0 Å². The van der Waals surface area contributed by atoms with E-state index < -0.39 is 48.2 Å². The molecular weight excluding hydrogens is 402 g/mol. The second kappa shape index (κ2) is 11.0. The van der Waals surface area contributed by atoms with Gasteiger partial charge in [0.2, 0.25) is 11.8 Å². The van der Waals surface area contributed by atoms with Gasteiger partial charge < -0.3 is 30.5 Å². The molecule has 174 valence electrons. The highest BCUT2D eigenvalue weighted by Gasteiger charge is 2.38. The summed E-state index contributed by atoms with van der Waals surface area (Å²) in [5.41, 5.74) is -0.558. The molecule has 9 heteroatoms. The molecule has 1 aromatic rings. The number of carbonyl (C=O) groups excluding carboxylic acids is 3. The van der Waals surface area contributed by atoms with Gasteiger partial charge in [0, 0.05) is 17.6 Å². The maximum Gasteiger partial charge on any atom is 0.408 e. The van der Waals surface area contributed by atoms with Crippen LogP contribution in [0.4, 0.5) is 4.79 Å². The number of aliphatic hydroxyl groups is 1. The number of rotatable bonds is 8. The largest absolute Gasteiger partial charge is 0.508 e. The van der Waals surface area contributed by atoms with Crippen LogP contribution in [0.2, 0.25) is 0 Å². The average molecular weight is 438 g/mol. The third-order valence-electron chi connectivity index (χ3n) is 4.17. The van der Waals surface area contributed by atoms with E-state index in [2.05, 4.69) is 10.6 Å². The molecule has 0 spiro atoms. The standard InChI is InChI=1S/C22H35N3O6/c1-13(2)23-19(28)18(15-10-8-9-11-17(15)27)25(14(3)4)20(29)16(12-26)24-21(30)31-22(5,6)7/h8-11,13-14,16,18,26-27H,12H2,1-7H3,(H,23,28)(H,24,30). The number of aromatic hydroxyl groups is 1. The minimum absolute atomic E-state index is 0.148. The van der Waals surface area contributed by atoms with Gasteiger partial charge in [-0.1, -0.05) is 18.2 Å². The van der Waals surface area contributed by atoms with E-state index >= 15 is 0 Å². The molecule has 0 saturated heterocycles. The summed E-state index contributed by atoms with van der Waals surface area (Å²) < 4.78 is 5.17. The Kier molecular flexibility index (Phi) is 9.30. The number of aliphatic hydroxyl groups excluding tert-OH is 1. The molecule has 3 amide bonds. The molecule has 0 aliphatic rings. The van der Waals surface area contributed by atoms with E-state index in [1.807, 2.05) is 0 Å². The number of amides is 3. The average Bonchev–Trinajstić information content (AvgIpc) is 2.62. The number of hydrogen-bond donors (Lipinski definition) is 4. The fourth-order valence-electron chi connectivity index (χ4n) is 2.99. The molecule has 1 rings (SSSR count). The van der Waals surface area contributed by atoms with Crippen LogP contribution in [-0.4, -0.2) is 63.4 Å². The second-order valence-corrected chi connectivity index (χ2v) is 8.85. The van der Waals surface area contributed by atoms with Crippen LogP contribution in [0.5, 0.6) is 5.75 Å². The van der Waals surface area contributed by atoms with Crippen molar-refractivity contribution in [2.24, 2.45) is 0 Å². The number of phenolic OH excluding ortho intramolecular Hbond substituents is 1. The number of nitrogens with zero attached hydrogens (tertiary/aromatic N) is 1. The first kappa shape index (κ1) is 26.2. The molecule has 0 heterocycles. The van der Waals surface area contributed by atoms with Crippen molar-refractivity contribution < 1.29 is 29.3 Å². The molecule has 0 fully saturated rings. The Bertz CT molecular complexity index is 773. The van der Waals surface area contributed by atoms with Crippen LogP contribution >= 0.6 is 0 Å². The summed E-state index contributed by atoms with van der Waals surface area (Å²) in [6.45, 7) is 11.3. The summed E-state index contributed by atoms with van der Waals surface area (Å²) in [7, 11) is 0. The van der Waals surface area contributed by atoms with Gasteiger partial charge in [-0.05, 0) is 54.5 Å². The van der Waals surface area contributed by atoms with Crippen molar-refractivity contribution in [1.29, 1.82) is 0 Å². The molecule has 0 bridgehead atoms. The van der Waals surface area contributed by atoms with Crippen molar-refractivity contribution in [2.45, 2.75) is 78.2 Å². The number of para-hydroxylation sites is 1. The zero-order valence-corrected chi connectivity index (χ0v) is 19.3. The predicted molar refractivity (Wildman–Crippen MR) is 116 cm³/mol. The number of benzene rings is 1. The Morgan fingerprint density at radius 2 is 1.65 bits per heavy atom. The topological polar surface area (TPSA) is 128 Å². The van der Waals surface area contributed by atoms with Crippen molar-refractivity contribution in [3.63, 3.8) is 0 Å². The van der Waals surface area contributed by atoms with Crippen LogP contribution in [0, 0.1) is 0 Å². The third-order valence-corrected chi connectivity index (χ3v) is 4.17. The maximum atomic E-state index is 13.4. The van der Waals surface area contributed by atoms with E-state index in [-0.39, 0.29) is 17.4 Å². The van der Waals surface area contributed by atoms with Gasteiger partial charge in [0.15, 0.2) is 0 Å². The van der Waals surface area contributed by atoms with Gasteiger partial charge in [-0.15, -0.1) is 0 Å². The molecule has 0 saturated carbocycles. The Hall–Kier alpha value is -2.81. The third kappa shape index (κ3) is 7.75.